The highest BCUT2D eigenvalue weighted by Gasteiger charge is 2.12. The number of ether oxygens (including phenoxy) is 2. The molecule has 0 unspecified atom stereocenters. The van der Waals surface area contributed by atoms with E-state index >= 15 is 0 Å². The quantitative estimate of drug-likeness (QED) is 0.698. The van der Waals surface area contributed by atoms with Gasteiger partial charge in [-0.3, -0.25) is 4.79 Å². The summed E-state index contributed by atoms with van der Waals surface area (Å²) >= 11 is 0. The number of hydrogen-bond acceptors (Lipinski definition) is 3. The molecule has 25 heavy (non-hydrogen) atoms. The Kier molecular flexibility index (Phi) is 5.19. The normalized spacial score (nSPS) is 10.5. The molecule has 0 aliphatic rings. The molecule has 1 amide bonds. The van der Waals surface area contributed by atoms with Gasteiger partial charge in [-0.15, -0.1) is 0 Å². The molecule has 4 heteroatoms. The molecule has 0 saturated carbocycles. The standard InChI is InChI=1S/C21H21NO3/c1-3-13-25-19-12-11-16(14-20(19)24-2)21(23)22-18-10-6-8-15-7-4-5-9-17(15)18/h4-12,14H,3,13H2,1-2H3,(H,22,23). The Bertz CT molecular complexity index is 884. The Labute approximate surface area is 147 Å². The van der Waals surface area contributed by atoms with Gasteiger partial charge in [0, 0.05) is 16.6 Å². The molecule has 0 spiro atoms. The van der Waals surface area contributed by atoms with Crippen LogP contribution in [-0.2, 0) is 0 Å². The van der Waals surface area contributed by atoms with Crippen molar-refractivity contribution in [1.29, 1.82) is 0 Å². The van der Waals surface area contributed by atoms with Gasteiger partial charge in [0.2, 0.25) is 0 Å². The zero-order valence-electron chi connectivity index (χ0n) is 14.4. The molecule has 3 aromatic carbocycles. The third-order valence-electron chi connectivity index (χ3n) is 3.93. The molecule has 3 aromatic rings. The lowest BCUT2D eigenvalue weighted by Crippen LogP contribution is -2.12. The van der Waals surface area contributed by atoms with E-state index in [9.17, 15) is 4.79 Å². The van der Waals surface area contributed by atoms with Crippen molar-refractivity contribution >= 4 is 22.4 Å². The van der Waals surface area contributed by atoms with E-state index in [1.54, 1.807) is 25.3 Å². The van der Waals surface area contributed by atoms with Crippen LogP contribution in [0.5, 0.6) is 11.5 Å². The van der Waals surface area contributed by atoms with Gasteiger partial charge in [-0.25, -0.2) is 0 Å². The van der Waals surface area contributed by atoms with Gasteiger partial charge in [0.15, 0.2) is 11.5 Å². The molecule has 0 saturated heterocycles. The molecule has 128 valence electrons. The number of hydrogen-bond donors (Lipinski definition) is 1. The van der Waals surface area contributed by atoms with Crippen molar-refractivity contribution < 1.29 is 14.3 Å². The monoisotopic (exact) mass is 335 g/mol. The summed E-state index contributed by atoms with van der Waals surface area (Å²) in [4.78, 5) is 12.6. The first kappa shape index (κ1) is 16.8. The van der Waals surface area contributed by atoms with Gasteiger partial charge in [-0.05, 0) is 36.1 Å². The van der Waals surface area contributed by atoms with Gasteiger partial charge in [0.1, 0.15) is 0 Å². The predicted octanol–water partition coefficient (Wildman–Crippen LogP) is 4.89. The second-order valence-electron chi connectivity index (χ2n) is 5.69. The third-order valence-corrected chi connectivity index (χ3v) is 3.93. The molecule has 0 bridgehead atoms. The highest BCUT2D eigenvalue weighted by Crippen LogP contribution is 2.29. The smallest absolute Gasteiger partial charge is 0.255 e. The van der Waals surface area contributed by atoms with Crippen molar-refractivity contribution in [2.24, 2.45) is 0 Å². The first-order valence-corrected chi connectivity index (χ1v) is 8.33. The fourth-order valence-electron chi connectivity index (χ4n) is 2.67. The Morgan fingerprint density at radius 1 is 1.00 bits per heavy atom. The van der Waals surface area contributed by atoms with Crippen molar-refractivity contribution in [2.45, 2.75) is 13.3 Å². The van der Waals surface area contributed by atoms with Gasteiger partial charge in [0.25, 0.3) is 5.91 Å². The number of amides is 1. The fraction of sp³-hybridized carbons (Fsp3) is 0.190. The Balaban J connectivity index is 1.85. The maximum absolute atomic E-state index is 12.6. The van der Waals surface area contributed by atoms with E-state index in [0.29, 0.717) is 23.7 Å². The van der Waals surface area contributed by atoms with Crippen LogP contribution in [-0.4, -0.2) is 19.6 Å². The Morgan fingerprint density at radius 3 is 2.60 bits per heavy atom. The molecule has 0 aliphatic carbocycles. The highest BCUT2D eigenvalue weighted by molar-refractivity contribution is 6.09. The van der Waals surface area contributed by atoms with Gasteiger partial charge >= 0.3 is 0 Å². The van der Waals surface area contributed by atoms with Crippen LogP contribution < -0.4 is 14.8 Å². The lowest BCUT2D eigenvalue weighted by molar-refractivity contribution is 0.102. The molecule has 4 nitrogen and oxygen atoms in total. The van der Waals surface area contributed by atoms with Crippen LogP contribution in [0.4, 0.5) is 5.69 Å². The highest BCUT2D eigenvalue weighted by atomic mass is 16.5. The summed E-state index contributed by atoms with van der Waals surface area (Å²) < 4.78 is 11.0. The number of fused-ring (bicyclic) bond motifs is 1. The van der Waals surface area contributed by atoms with E-state index in [1.807, 2.05) is 49.4 Å². The molecule has 0 atom stereocenters. The molecule has 1 N–H and O–H groups in total. The molecule has 0 aliphatic heterocycles. The number of nitrogens with one attached hydrogen (secondary N) is 1. The van der Waals surface area contributed by atoms with Crippen LogP contribution in [0.25, 0.3) is 10.8 Å². The first-order valence-electron chi connectivity index (χ1n) is 8.33. The molecule has 0 heterocycles. The van der Waals surface area contributed by atoms with Gasteiger partial charge < -0.3 is 14.8 Å². The lowest BCUT2D eigenvalue weighted by atomic mass is 10.1. The van der Waals surface area contributed by atoms with Crippen molar-refractivity contribution in [3.05, 3.63) is 66.2 Å². The van der Waals surface area contributed by atoms with E-state index in [0.717, 1.165) is 22.9 Å². The lowest BCUT2D eigenvalue weighted by Gasteiger charge is -2.12. The molecule has 0 fully saturated rings. The van der Waals surface area contributed by atoms with E-state index in [1.165, 1.54) is 0 Å². The summed E-state index contributed by atoms with van der Waals surface area (Å²) in [7, 11) is 1.57. The average molecular weight is 335 g/mol. The number of carbonyl (C=O) groups is 1. The van der Waals surface area contributed by atoms with Crippen LogP contribution >= 0.6 is 0 Å². The number of carbonyl (C=O) groups excluding carboxylic acids is 1. The fourth-order valence-corrected chi connectivity index (χ4v) is 2.67. The minimum atomic E-state index is -0.184. The molecular weight excluding hydrogens is 314 g/mol. The van der Waals surface area contributed by atoms with E-state index in [4.69, 9.17) is 9.47 Å². The summed E-state index contributed by atoms with van der Waals surface area (Å²) in [5, 5.41) is 5.07. The average Bonchev–Trinajstić information content (AvgIpc) is 2.66. The second-order valence-corrected chi connectivity index (χ2v) is 5.69. The van der Waals surface area contributed by atoms with Crippen molar-refractivity contribution in [1.82, 2.24) is 0 Å². The maximum Gasteiger partial charge on any atom is 0.255 e. The molecule has 0 aromatic heterocycles. The summed E-state index contributed by atoms with van der Waals surface area (Å²) in [5.41, 5.74) is 1.31. The topological polar surface area (TPSA) is 47.6 Å². The first-order chi connectivity index (χ1) is 12.2. The van der Waals surface area contributed by atoms with Gasteiger partial charge in [-0.1, -0.05) is 43.3 Å². The Hall–Kier alpha value is -3.01. The van der Waals surface area contributed by atoms with Gasteiger partial charge in [0.05, 0.1) is 13.7 Å². The largest absolute Gasteiger partial charge is 0.493 e. The molecular formula is C21H21NO3. The summed E-state index contributed by atoms with van der Waals surface area (Å²) in [6, 6.07) is 19.0. The number of anilines is 1. The molecule has 0 radical (unpaired) electrons. The predicted molar refractivity (Wildman–Crippen MR) is 101 cm³/mol. The number of benzene rings is 3. The van der Waals surface area contributed by atoms with Crippen LogP contribution in [0.3, 0.4) is 0 Å². The van der Waals surface area contributed by atoms with E-state index in [-0.39, 0.29) is 5.91 Å². The minimum absolute atomic E-state index is 0.184. The van der Waals surface area contributed by atoms with Crippen molar-refractivity contribution in [3.8, 4) is 11.5 Å². The summed E-state index contributed by atoms with van der Waals surface area (Å²) in [6.45, 7) is 2.65. The summed E-state index contributed by atoms with van der Waals surface area (Å²) in [5.74, 6) is 1.02. The third kappa shape index (κ3) is 3.74. The van der Waals surface area contributed by atoms with E-state index < -0.39 is 0 Å². The zero-order chi connectivity index (χ0) is 17.6. The number of methoxy groups -OCH3 is 1. The van der Waals surface area contributed by atoms with Crippen LogP contribution in [0, 0.1) is 0 Å². The van der Waals surface area contributed by atoms with Crippen molar-refractivity contribution in [2.75, 3.05) is 19.0 Å². The van der Waals surface area contributed by atoms with E-state index in [2.05, 4.69) is 5.32 Å². The maximum atomic E-state index is 12.6. The van der Waals surface area contributed by atoms with Gasteiger partial charge in [-0.2, -0.15) is 0 Å². The SMILES string of the molecule is CCCOc1ccc(C(=O)Nc2cccc3ccccc23)cc1OC. The Morgan fingerprint density at radius 2 is 1.80 bits per heavy atom. The van der Waals surface area contributed by atoms with Crippen LogP contribution in [0.2, 0.25) is 0 Å². The van der Waals surface area contributed by atoms with Crippen LogP contribution in [0.1, 0.15) is 23.7 Å². The minimum Gasteiger partial charge on any atom is -0.493 e. The summed E-state index contributed by atoms with van der Waals surface area (Å²) in [6.07, 6.45) is 0.909. The second kappa shape index (κ2) is 7.71. The van der Waals surface area contributed by atoms with Crippen LogP contribution in [0.15, 0.2) is 60.7 Å². The van der Waals surface area contributed by atoms with Crippen molar-refractivity contribution in [3.63, 3.8) is 0 Å². The zero-order valence-corrected chi connectivity index (χ0v) is 14.4. The number of rotatable bonds is 6. The molecule has 3 rings (SSSR count).